The Morgan fingerprint density at radius 3 is 2.59 bits per heavy atom. The van der Waals surface area contributed by atoms with E-state index in [9.17, 15) is 5.26 Å². The summed E-state index contributed by atoms with van der Waals surface area (Å²) in [6, 6.07) is 15.0. The van der Waals surface area contributed by atoms with Gasteiger partial charge in [0.2, 0.25) is 0 Å². The Morgan fingerprint density at radius 1 is 1.07 bits per heavy atom. The molecule has 27 heavy (non-hydrogen) atoms. The van der Waals surface area contributed by atoms with Crippen molar-refractivity contribution in [2.24, 2.45) is 0 Å². The van der Waals surface area contributed by atoms with E-state index in [4.69, 9.17) is 17.3 Å². The van der Waals surface area contributed by atoms with E-state index >= 15 is 0 Å². The average Bonchev–Trinajstić information content (AvgIpc) is 3.19. The number of benzene rings is 1. The fraction of sp³-hybridized carbons (Fsp3) is 0. The summed E-state index contributed by atoms with van der Waals surface area (Å²) in [6.45, 7) is 0. The Kier molecular flexibility index (Phi) is 4.29. The highest BCUT2D eigenvalue weighted by Gasteiger charge is 2.14. The molecule has 0 aliphatic rings. The number of rotatable bonds is 3. The van der Waals surface area contributed by atoms with Gasteiger partial charge >= 0.3 is 0 Å². The molecule has 0 fully saturated rings. The van der Waals surface area contributed by atoms with Crippen LogP contribution in [0.2, 0.25) is 5.02 Å². The van der Waals surface area contributed by atoms with Crippen LogP contribution < -0.4 is 5.73 Å². The lowest BCUT2D eigenvalue weighted by molar-refractivity contribution is 0.881. The van der Waals surface area contributed by atoms with Gasteiger partial charge in [-0.2, -0.15) is 10.4 Å². The van der Waals surface area contributed by atoms with Gasteiger partial charge < -0.3 is 5.73 Å². The maximum absolute atomic E-state index is 9.48. The lowest BCUT2D eigenvalue weighted by Gasteiger charge is -2.08. The third-order valence-corrected chi connectivity index (χ3v) is 4.35. The quantitative estimate of drug-likeness (QED) is 0.584. The van der Waals surface area contributed by atoms with Gasteiger partial charge in [0.1, 0.15) is 17.5 Å². The largest absolute Gasteiger partial charge is 0.383 e. The molecule has 0 bridgehead atoms. The molecule has 3 heterocycles. The number of nitriles is 1. The van der Waals surface area contributed by atoms with Crippen molar-refractivity contribution >= 4 is 17.4 Å². The van der Waals surface area contributed by atoms with Crippen LogP contribution in [0.1, 0.15) is 5.56 Å². The minimum Gasteiger partial charge on any atom is -0.383 e. The molecule has 4 rings (SSSR count). The second-order valence-corrected chi connectivity index (χ2v) is 6.26. The van der Waals surface area contributed by atoms with Gasteiger partial charge in [0.25, 0.3) is 0 Å². The monoisotopic (exact) mass is 372 g/mol. The number of hydrogen-bond donors (Lipinski definition) is 1. The Labute approximate surface area is 160 Å². The van der Waals surface area contributed by atoms with Crippen LogP contribution in [-0.4, -0.2) is 19.7 Å². The van der Waals surface area contributed by atoms with E-state index < -0.39 is 0 Å². The molecule has 0 amide bonds. The van der Waals surface area contributed by atoms with Crippen LogP contribution in [0.15, 0.2) is 67.3 Å². The van der Waals surface area contributed by atoms with E-state index in [0.717, 1.165) is 16.8 Å². The van der Waals surface area contributed by atoms with Gasteiger partial charge in [-0.05, 0) is 36.4 Å². The molecular weight excluding hydrogens is 360 g/mol. The Balaban J connectivity index is 1.80. The molecule has 1 aromatic carbocycles. The van der Waals surface area contributed by atoms with Gasteiger partial charge in [-0.1, -0.05) is 17.7 Å². The Morgan fingerprint density at radius 2 is 1.89 bits per heavy atom. The SMILES string of the molecule is N#Cc1c(-c2cccnc2)cc(-c2cnn(-c3ccc(Cl)cc3)c2)nc1N. The molecular formula is C20H13ClN6. The molecule has 0 saturated carbocycles. The van der Waals surface area contributed by atoms with E-state index in [1.54, 1.807) is 35.4 Å². The van der Waals surface area contributed by atoms with Gasteiger partial charge in [-0.3, -0.25) is 4.98 Å². The summed E-state index contributed by atoms with van der Waals surface area (Å²) in [5.74, 6) is 0.174. The summed E-state index contributed by atoms with van der Waals surface area (Å²) in [6.07, 6.45) is 6.92. The molecule has 6 nitrogen and oxygen atoms in total. The molecule has 3 aromatic heterocycles. The highest BCUT2D eigenvalue weighted by atomic mass is 35.5. The van der Waals surface area contributed by atoms with E-state index in [2.05, 4.69) is 21.1 Å². The first kappa shape index (κ1) is 16.8. The van der Waals surface area contributed by atoms with Crippen LogP contribution in [0.25, 0.3) is 28.1 Å². The van der Waals surface area contributed by atoms with Crippen molar-refractivity contribution in [3.63, 3.8) is 0 Å². The van der Waals surface area contributed by atoms with Gasteiger partial charge in [0.05, 0.1) is 17.6 Å². The zero-order chi connectivity index (χ0) is 18.8. The number of nitrogen functional groups attached to an aromatic ring is 1. The Bertz CT molecular complexity index is 1140. The molecule has 0 spiro atoms. The van der Waals surface area contributed by atoms with E-state index in [1.165, 1.54) is 0 Å². The van der Waals surface area contributed by atoms with Crippen molar-refractivity contribution in [2.45, 2.75) is 0 Å². The molecule has 7 heteroatoms. The van der Waals surface area contributed by atoms with Crippen LogP contribution in [0.4, 0.5) is 5.82 Å². The smallest absolute Gasteiger partial charge is 0.142 e. The third kappa shape index (κ3) is 3.24. The second kappa shape index (κ2) is 6.90. The van der Waals surface area contributed by atoms with Crippen LogP contribution >= 0.6 is 11.6 Å². The van der Waals surface area contributed by atoms with Crippen LogP contribution in [-0.2, 0) is 0 Å². The van der Waals surface area contributed by atoms with Crippen LogP contribution in [0, 0.1) is 11.3 Å². The van der Waals surface area contributed by atoms with Crippen molar-refractivity contribution in [2.75, 3.05) is 5.73 Å². The molecule has 0 aliphatic carbocycles. The lowest BCUT2D eigenvalue weighted by Crippen LogP contribution is -1.99. The highest BCUT2D eigenvalue weighted by molar-refractivity contribution is 6.30. The van der Waals surface area contributed by atoms with Crippen molar-refractivity contribution < 1.29 is 0 Å². The van der Waals surface area contributed by atoms with E-state index in [-0.39, 0.29) is 5.82 Å². The van der Waals surface area contributed by atoms with Crippen LogP contribution in [0.3, 0.4) is 0 Å². The first-order valence-electron chi connectivity index (χ1n) is 8.07. The number of pyridine rings is 2. The molecule has 4 aromatic rings. The third-order valence-electron chi connectivity index (χ3n) is 4.10. The molecule has 0 atom stereocenters. The predicted molar refractivity (Wildman–Crippen MR) is 104 cm³/mol. The summed E-state index contributed by atoms with van der Waals surface area (Å²) < 4.78 is 1.73. The first-order chi connectivity index (χ1) is 13.2. The fourth-order valence-corrected chi connectivity index (χ4v) is 2.90. The van der Waals surface area contributed by atoms with Gasteiger partial charge in [0.15, 0.2) is 0 Å². The summed E-state index contributed by atoms with van der Waals surface area (Å²) in [4.78, 5) is 8.50. The van der Waals surface area contributed by atoms with Crippen molar-refractivity contribution in [1.82, 2.24) is 19.7 Å². The van der Waals surface area contributed by atoms with E-state index in [1.807, 2.05) is 36.5 Å². The standard InChI is InChI=1S/C20H13ClN6/c21-15-3-5-16(6-4-15)27-12-14(11-25-27)19-8-17(13-2-1-7-24-10-13)18(9-22)20(23)26-19/h1-8,10-12H,(H2,23,26). The maximum atomic E-state index is 9.48. The van der Waals surface area contributed by atoms with Crippen molar-refractivity contribution in [1.29, 1.82) is 5.26 Å². The molecule has 130 valence electrons. The summed E-state index contributed by atoms with van der Waals surface area (Å²) in [5, 5.41) is 14.5. The zero-order valence-electron chi connectivity index (χ0n) is 14.0. The minimum absolute atomic E-state index is 0.174. The number of nitrogens with zero attached hydrogens (tertiary/aromatic N) is 5. The zero-order valence-corrected chi connectivity index (χ0v) is 14.8. The average molecular weight is 373 g/mol. The molecule has 0 saturated heterocycles. The number of nitrogens with two attached hydrogens (primary N) is 1. The van der Waals surface area contributed by atoms with Gasteiger partial charge in [0, 0.05) is 40.3 Å². The predicted octanol–water partition coefficient (Wildman–Crippen LogP) is 4.10. The number of hydrogen-bond acceptors (Lipinski definition) is 5. The summed E-state index contributed by atoms with van der Waals surface area (Å²) >= 11 is 5.94. The Hall–Kier alpha value is -3.69. The van der Waals surface area contributed by atoms with Crippen LogP contribution in [0.5, 0.6) is 0 Å². The molecule has 2 N–H and O–H groups in total. The first-order valence-corrected chi connectivity index (χ1v) is 8.45. The molecule has 0 unspecified atom stereocenters. The number of halogens is 1. The topological polar surface area (TPSA) is 93.4 Å². The number of aromatic nitrogens is 4. The normalized spacial score (nSPS) is 10.5. The molecule has 0 radical (unpaired) electrons. The number of anilines is 1. The van der Waals surface area contributed by atoms with Crippen molar-refractivity contribution in [3.05, 3.63) is 77.8 Å². The van der Waals surface area contributed by atoms with Gasteiger partial charge in [-0.15, -0.1) is 0 Å². The second-order valence-electron chi connectivity index (χ2n) is 5.82. The lowest BCUT2D eigenvalue weighted by atomic mass is 10.0. The summed E-state index contributed by atoms with van der Waals surface area (Å²) in [7, 11) is 0. The van der Waals surface area contributed by atoms with Gasteiger partial charge in [-0.25, -0.2) is 9.67 Å². The van der Waals surface area contributed by atoms with Crippen molar-refractivity contribution in [3.8, 4) is 34.1 Å². The minimum atomic E-state index is 0.174. The molecule has 0 aliphatic heterocycles. The fourth-order valence-electron chi connectivity index (χ4n) is 2.77. The van der Waals surface area contributed by atoms with E-state index in [0.29, 0.717) is 21.8 Å². The summed E-state index contributed by atoms with van der Waals surface area (Å²) in [5.41, 5.74) is 10.2. The highest BCUT2D eigenvalue weighted by Crippen LogP contribution is 2.30. The maximum Gasteiger partial charge on any atom is 0.142 e.